The molecule has 1 amide bonds. The lowest BCUT2D eigenvalue weighted by Gasteiger charge is -2.34. The van der Waals surface area contributed by atoms with E-state index in [1.807, 2.05) is 12.1 Å². The molecule has 0 spiro atoms. The molecule has 2 aliphatic rings. The van der Waals surface area contributed by atoms with E-state index in [1.54, 1.807) is 10.8 Å². The zero-order chi connectivity index (χ0) is 20.7. The maximum absolute atomic E-state index is 13.0. The Morgan fingerprint density at radius 3 is 2.83 bits per heavy atom. The molecule has 1 N–H and O–H groups in total. The molecule has 1 atom stereocenters. The summed E-state index contributed by atoms with van der Waals surface area (Å²) in [7, 11) is 0. The van der Waals surface area contributed by atoms with Crippen molar-refractivity contribution >= 4 is 17.4 Å². The number of piperidine rings is 1. The van der Waals surface area contributed by atoms with Crippen LogP contribution >= 0.6 is 0 Å². The number of nitrogens with one attached hydrogen (secondary N) is 1. The zero-order valence-electron chi connectivity index (χ0n) is 17.3. The minimum Gasteiger partial charge on any atom is -0.493 e. The second kappa shape index (κ2) is 7.59. The number of nitrogens with zero attached hydrogens (tertiary/aromatic N) is 5. The molecule has 2 aromatic heterocycles. The third kappa shape index (κ3) is 3.46. The molecule has 5 rings (SSSR count). The van der Waals surface area contributed by atoms with Crippen LogP contribution in [0.3, 0.4) is 0 Å². The molecule has 0 radical (unpaired) electrons. The van der Waals surface area contributed by atoms with Crippen LogP contribution < -0.4 is 15.0 Å². The number of aryl methyl sites for hydroxylation is 2. The highest BCUT2D eigenvalue weighted by Gasteiger charge is 2.30. The van der Waals surface area contributed by atoms with Crippen molar-refractivity contribution in [2.75, 3.05) is 24.6 Å². The van der Waals surface area contributed by atoms with Gasteiger partial charge in [0.15, 0.2) is 5.65 Å². The monoisotopic (exact) mass is 406 g/mol. The smallest absolute Gasteiger partial charge is 0.223 e. The lowest BCUT2D eigenvalue weighted by molar-refractivity contribution is -0.126. The van der Waals surface area contributed by atoms with Crippen molar-refractivity contribution in [3.8, 4) is 5.75 Å². The summed E-state index contributed by atoms with van der Waals surface area (Å²) in [5.41, 5.74) is 4.17. The summed E-state index contributed by atoms with van der Waals surface area (Å²) in [6, 6.07) is 8.18. The largest absolute Gasteiger partial charge is 0.493 e. The van der Waals surface area contributed by atoms with E-state index in [4.69, 9.17) is 4.74 Å². The summed E-state index contributed by atoms with van der Waals surface area (Å²) < 4.78 is 7.56. The molecule has 4 heterocycles. The molecule has 1 aromatic carbocycles. The number of carbonyl (C=O) groups excluding carboxylic acids is 1. The van der Waals surface area contributed by atoms with Gasteiger partial charge < -0.3 is 15.0 Å². The zero-order valence-corrected chi connectivity index (χ0v) is 17.3. The third-order valence-corrected chi connectivity index (χ3v) is 6.13. The van der Waals surface area contributed by atoms with Gasteiger partial charge in [0.2, 0.25) is 5.91 Å². The number of hydrogen-bond acceptors (Lipinski definition) is 6. The van der Waals surface area contributed by atoms with Gasteiger partial charge in [-0.1, -0.05) is 17.7 Å². The lowest BCUT2D eigenvalue weighted by Crippen LogP contribution is -2.42. The summed E-state index contributed by atoms with van der Waals surface area (Å²) in [5.74, 6) is 2.00. The second-order valence-electron chi connectivity index (χ2n) is 8.29. The second-order valence-corrected chi connectivity index (χ2v) is 8.29. The average molecular weight is 406 g/mol. The standard InChI is InChI=1S/C22H26N6O2/c1-14-11-15(2)21-17(12-14)18(7-10-30-21)24-22(29)16-5-8-27(9-6-16)20-4-3-19-25-23-13-28(19)26-20/h3-4,11-13,16,18H,5-10H2,1-2H3,(H,24,29). The van der Waals surface area contributed by atoms with Crippen molar-refractivity contribution in [1.29, 1.82) is 0 Å². The van der Waals surface area contributed by atoms with E-state index in [0.29, 0.717) is 6.61 Å². The van der Waals surface area contributed by atoms with E-state index >= 15 is 0 Å². The van der Waals surface area contributed by atoms with Crippen molar-refractivity contribution in [2.24, 2.45) is 5.92 Å². The quantitative estimate of drug-likeness (QED) is 0.720. The molecule has 2 aliphatic heterocycles. The molecule has 0 aliphatic carbocycles. The molecule has 0 saturated carbocycles. The molecule has 1 fully saturated rings. The SMILES string of the molecule is Cc1cc(C)c2c(c1)C(NC(=O)C1CCN(c3ccc4nncn4n3)CC1)CCO2. The van der Waals surface area contributed by atoms with Gasteiger partial charge in [0.1, 0.15) is 17.9 Å². The van der Waals surface area contributed by atoms with Crippen LogP contribution in [0.25, 0.3) is 5.65 Å². The number of rotatable bonds is 3. The van der Waals surface area contributed by atoms with Gasteiger partial charge in [-0.25, -0.2) is 0 Å². The predicted octanol–water partition coefficient (Wildman–Crippen LogP) is 2.60. The third-order valence-electron chi connectivity index (χ3n) is 6.13. The van der Waals surface area contributed by atoms with Gasteiger partial charge in [-0.2, -0.15) is 4.52 Å². The van der Waals surface area contributed by atoms with Gasteiger partial charge in [-0.05, 0) is 44.4 Å². The average Bonchev–Trinajstić information content (AvgIpc) is 3.22. The number of ether oxygens (including phenoxy) is 1. The van der Waals surface area contributed by atoms with E-state index in [2.05, 4.69) is 51.5 Å². The Kier molecular flexibility index (Phi) is 4.77. The van der Waals surface area contributed by atoms with Gasteiger partial charge >= 0.3 is 0 Å². The van der Waals surface area contributed by atoms with E-state index in [1.165, 1.54) is 5.56 Å². The number of aromatic nitrogens is 4. The highest BCUT2D eigenvalue weighted by Crippen LogP contribution is 2.36. The first-order chi connectivity index (χ1) is 14.6. The van der Waals surface area contributed by atoms with Crippen LogP contribution in [0.2, 0.25) is 0 Å². The molecule has 30 heavy (non-hydrogen) atoms. The first-order valence-corrected chi connectivity index (χ1v) is 10.5. The van der Waals surface area contributed by atoms with Crippen LogP contribution in [0.1, 0.15) is 42.0 Å². The van der Waals surface area contributed by atoms with Crippen LogP contribution in [0, 0.1) is 19.8 Å². The van der Waals surface area contributed by atoms with Crippen LogP contribution in [0.15, 0.2) is 30.6 Å². The fourth-order valence-electron chi connectivity index (χ4n) is 4.57. The molecule has 1 saturated heterocycles. The van der Waals surface area contributed by atoms with Crippen LogP contribution in [-0.2, 0) is 4.79 Å². The molecule has 8 heteroatoms. The van der Waals surface area contributed by atoms with Crippen LogP contribution in [0.5, 0.6) is 5.75 Å². The molecular weight excluding hydrogens is 380 g/mol. The molecule has 1 unspecified atom stereocenters. The maximum atomic E-state index is 13.0. The van der Waals surface area contributed by atoms with Crippen molar-refractivity contribution in [1.82, 2.24) is 25.1 Å². The summed E-state index contributed by atoms with van der Waals surface area (Å²) in [4.78, 5) is 15.2. The topological polar surface area (TPSA) is 84.7 Å². The number of carbonyl (C=O) groups is 1. The lowest BCUT2D eigenvalue weighted by atomic mass is 9.92. The Balaban J connectivity index is 1.24. The molecule has 3 aromatic rings. The minimum atomic E-state index is 0.0238. The fourth-order valence-corrected chi connectivity index (χ4v) is 4.57. The van der Waals surface area contributed by atoms with Crippen molar-refractivity contribution in [3.05, 3.63) is 47.3 Å². The van der Waals surface area contributed by atoms with Crippen molar-refractivity contribution < 1.29 is 9.53 Å². The van der Waals surface area contributed by atoms with Crippen LogP contribution in [-0.4, -0.2) is 45.4 Å². The Labute approximate surface area is 175 Å². The molecule has 8 nitrogen and oxygen atoms in total. The highest BCUT2D eigenvalue weighted by molar-refractivity contribution is 5.79. The Morgan fingerprint density at radius 2 is 2.00 bits per heavy atom. The summed E-state index contributed by atoms with van der Waals surface area (Å²) >= 11 is 0. The number of hydrogen-bond donors (Lipinski definition) is 1. The Hall–Kier alpha value is -3.16. The summed E-state index contributed by atoms with van der Waals surface area (Å²) in [6.07, 6.45) is 4.05. The van der Waals surface area contributed by atoms with Gasteiger partial charge in [-0.3, -0.25) is 4.79 Å². The van der Waals surface area contributed by atoms with Gasteiger partial charge in [-0.15, -0.1) is 15.3 Å². The highest BCUT2D eigenvalue weighted by atomic mass is 16.5. The van der Waals surface area contributed by atoms with E-state index in [9.17, 15) is 4.79 Å². The summed E-state index contributed by atoms with van der Waals surface area (Å²) in [5, 5.41) is 15.7. The number of fused-ring (bicyclic) bond motifs is 2. The summed E-state index contributed by atoms with van der Waals surface area (Å²) in [6.45, 7) is 6.40. The fraction of sp³-hybridized carbons (Fsp3) is 0.455. The number of benzene rings is 1. The Morgan fingerprint density at radius 1 is 1.17 bits per heavy atom. The van der Waals surface area contributed by atoms with E-state index in [-0.39, 0.29) is 17.9 Å². The van der Waals surface area contributed by atoms with Crippen LogP contribution in [0.4, 0.5) is 5.82 Å². The number of anilines is 1. The Bertz CT molecular complexity index is 1090. The van der Waals surface area contributed by atoms with Crippen molar-refractivity contribution in [2.45, 2.75) is 39.2 Å². The van der Waals surface area contributed by atoms with E-state index in [0.717, 1.165) is 60.7 Å². The minimum absolute atomic E-state index is 0.0238. The first-order valence-electron chi connectivity index (χ1n) is 10.5. The predicted molar refractivity (Wildman–Crippen MR) is 113 cm³/mol. The maximum Gasteiger partial charge on any atom is 0.223 e. The van der Waals surface area contributed by atoms with Crippen molar-refractivity contribution in [3.63, 3.8) is 0 Å². The molecule has 156 valence electrons. The van der Waals surface area contributed by atoms with Gasteiger partial charge in [0, 0.05) is 31.0 Å². The van der Waals surface area contributed by atoms with Gasteiger partial charge in [0.25, 0.3) is 0 Å². The molecular formula is C22H26N6O2. The van der Waals surface area contributed by atoms with Gasteiger partial charge in [0.05, 0.1) is 12.6 Å². The molecule has 0 bridgehead atoms. The number of amides is 1. The normalized spacial score (nSPS) is 19.4. The first kappa shape index (κ1) is 18.8. The van der Waals surface area contributed by atoms with E-state index < -0.39 is 0 Å².